The predicted molar refractivity (Wildman–Crippen MR) is 61.6 cm³/mol. The molecule has 5 heteroatoms. The first kappa shape index (κ1) is 10.8. The van der Waals surface area contributed by atoms with Crippen LogP contribution in [0.1, 0.15) is 11.7 Å². The second-order valence-corrected chi connectivity index (χ2v) is 3.52. The van der Waals surface area contributed by atoms with Crippen molar-refractivity contribution in [2.24, 2.45) is 5.84 Å². The van der Waals surface area contributed by atoms with Crippen molar-refractivity contribution in [2.75, 3.05) is 12.0 Å². The standard InChI is InChI=1S/C11H13N3O2/c12-14-9-2-1-7-3-8(11(16)6-15)5-13-10(7)4-9/h1-5,11,14-16H,6,12H2. The van der Waals surface area contributed by atoms with Crippen molar-refractivity contribution in [3.63, 3.8) is 0 Å². The molecule has 0 radical (unpaired) electrons. The molecule has 5 nitrogen and oxygen atoms in total. The van der Waals surface area contributed by atoms with Crippen LogP contribution in [0, 0.1) is 0 Å². The van der Waals surface area contributed by atoms with Crippen LogP contribution >= 0.6 is 0 Å². The Balaban J connectivity index is 2.47. The Morgan fingerprint density at radius 1 is 1.38 bits per heavy atom. The third-order valence-corrected chi connectivity index (χ3v) is 2.43. The first-order valence-corrected chi connectivity index (χ1v) is 4.90. The van der Waals surface area contributed by atoms with Crippen LogP contribution in [0.3, 0.4) is 0 Å². The number of hydrogen-bond acceptors (Lipinski definition) is 5. The fourth-order valence-electron chi connectivity index (χ4n) is 1.52. The van der Waals surface area contributed by atoms with E-state index in [0.717, 1.165) is 16.6 Å². The van der Waals surface area contributed by atoms with Gasteiger partial charge >= 0.3 is 0 Å². The van der Waals surface area contributed by atoms with Crippen molar-refractivity contribution in [1.82, 2.24) is 4.98 Å². The molecule has 0 amide bonds. The minimum absolute atomic E-state index is 0.310. The maximum absolute atomic E-state index is 9.47. The van der Waals surface area contributed by atoms with Crippen molar-refractivity contribution >= 4 is 16.6 Å². The lowest BCUT2D eigenvalue weighted by Gasteiger charge is -2.08. The number of aliphatic hydroxyl groups excluding tert-OH is 2. The number of nitrogens with zero attached hydrogens (tertiary/aromatic N) is 1. The van der Waals surface area contributed by atoms with E-state index in [1.54, 1.807) is 12.3 Å². The quantitative estimate of drug-likeness (QED) is 0.447. The van der Waals surface area contributed by atoms with E-state index in [0.29, 0.717) is 5.56 Å². The van der Waals surface area contributed by atoms with Gasteiger partial charge in [-0.05, 0) is 18.2 Å². The van der Waals surface area contributed by atoms with Gasteiger partial charge in [-0.25, -0.2) is 0 Å². The molecule has 0 aliphatic carbocycles. The number of pyridine rings is 1. The second kappa shape index (κ2) is 4.44. The monoisotopic (exact) mass is 219 g/mol. The number of benzene rings is 1. The lowest BCUT2D eigenvalue weighted by Crippen LogP contribution is -2.06. The summed E-state index contributed by atoms with van der Waals surface area (Å²) in [5, 5.41) is 19.2. The average Bonchev–Trinajstić information content (AvgIpc) is 2.36. The number of aromatic nitrogens is 1. The largest absolute Gasteiger partial charge is 0.393 e. The average molecular weight is 219 g/mol. The third kappa shape index (κ3) is 1.96. The van der Waals surface area contributed by atoms with Crippen LogP contribution < -0.4 is 11.3 Å². The summed E-state index contributed by atoms with van der Waals surface area (Å²) < 4.78 is 0. The number of nitrogens with two attached hydrogens (primary N) is 1. The zero-order valence-corrected chi connectivity index (χ0v) is 8.59. The number of hydrazine groups is 1. The molecule has 16 heavy (non-hydrogen) atoms. The summed E-state index contributed by atoms with van der Waals surface area (Å²) >= 11 is 0. The Morgan fingerprint density at radius 3 is 2.88 bits per heavy atom. The van der Waals surface area contributed by atoms with Crippen LogP contribution in [-0.2, 0) is 0 Å². The predicted octanol–water partition coefficient (Wildman–Crippen LogP) is 0.546. The van der Waals surface area contributed by atoms with Crippen LogP contribution in [0.5, 0.6) is 0 Å². The minimum atomic E-state index is -0.885. The fraction of sp³-hybridized carbons (Fsp3) is 0.182. The Bertz CT molecular complexity index is 502. The number of hydrogen-bond donors (Lipinski definition) is 4. The van der Waals surface area contributed by atoms with Crippen LogP contribution in [0.2, 0.25) is 0 Å². The highest BCUT2D eigenvalue weighted by Gasteiger charge is 2.07. The maximum atomic E-state index is 9.47. The van der Waals surface area contributed by atoms with Gasteiger partial charge in [0.25, 0.3) is 0 Å². The molecule has 1 heterocycles. The lowest BCUT2D eigenvalue weighted by molar-refractivity contribution is 0.0955. The molecule has 0 bridgehead atoms. The topological polar surface area (TPSA) is 91.4 Å². The van der Waals surface area contributed by atoms with Gasteiger partial charge < -0.3 is 15.6 Å². The molecule has 1 atom stereocenters. The van der Waals surface area contributed by atoms with Crippen molar-refractivity contribution in [3.05, 3.63) is 36.0 Å². The molecule has 1 aromatic heterocycles. The summed E-state index contributed by atoms with van der Waals surface area (Å²) in [4.78, 5) is 4.19. The highest BCUT2D eigenvalue weighted by Crippen LogP contribution is 2.20. The van der Waals surface area contributed by atoms with Gasteiger partial charge in [0.15, 0.2) is 0 Å². The van der Waals surface area contributed by atoms with Gasteiger partial charge in [-0.15, -0.1) is 0 Å². The van der Waals surface area contributed by atoms with E-state index >= 15 is 0 Å². The summed E-state index contributed by atoms with van der Waals surface area (Å²) in [5.74, 6) is 5.29. The molecular weight excluding hydrogens is 206 g/mol. The zero-order chi connectivity index (χ0) is 11.5. The Kier molecular flexibility index (Phi) is 3.00. The van der Waals surface area contributed by atoms with Gasteiger partial charge in [-0.3, -0.25) is 10.8 Å². The number of anilines is 1. The summed E-state index contributed by atoms with van der Waals surface area (Å²) in [6.45, 7) is -0.310. The summed E-state index contributed by atoms with van der Waals surface area (Å²) in [6, 6.07) is 7.28. The SMILES string of the molecule is NNc1ccc2cc(C(O)CO)cnc2c1. The summed E-state index contributed by atoms with van der Waals surface area (Å²) in [7, 11) is 0. The third-order valence-electron chi connectivity index (χ3n) is 2.43. The van der Waals surface area contributed by atoms with E-state index < -0.39 is 6.10 Å². The molecule has 0 spiro atoms. The van der Waals surface area contributed by atoms with Gasteiger partial charge in [0, 0.05) is 17.1 Å². The van der Waals surface area contributed by atoms with Crippen LogP contribution in [0.4, 0.5) is 5.69 Å². The molecule has 0 saturated heterocycles. The molecule has 0 saturated carbocycles. The van der Waals surface area contributed by atoms with Crippen LogP contribution in [0.25, 0.3) is 10.9 Å². The van der Waals surface area contributed by atoms with Crippen molar-refractivity contribution in [1.29, 1.82) is 0 Å². The highest BCUT2D eigenvalue weighted by molar-refractivity contribution is 5.82. The Labute approximate surface area is 92.5 Å². The van der Waals surface area contributed by atoms with Crippen LogP contribution in [0.15, 0.2) is 30.5 Å². The normalized spacial score (nSPS) is 12.7. The van der Waals surface area contributed by atoms with E-state index in [-0.39, 0.29) is 6.61 Å². The Morgan fingerprint density at radius 2 is 2.19 bits per heavy atom. The van der Waals surface area contributed by atoms with E-state index in [2.05, 4.69) is 10.4 Å². The first-order chi connectivity index (χ1) is 7.74. The molecule has 0 aliphatic heterocycles. The number of aliphatic hydroxyl groups is 2. The van der Waals surface area contributed by atoms with Crippen LogP contribution in [-0.4, -0.2) is 21.8 Å². The second-order valence-electron chi connectivity index (χ2n) is 3.52. The highest BCUT2D eigenvalue weighted by atomic mass is 16.3. The molecule has 2 rings (SSSR count). The first-order valence-electron chi connectivity index (χ1n) is 4.90. The Hall–Kier alpha value is -1.69. The van der Waals surface area contributed by atoms with E-state index in [1.165, 1.54) is 0 Å². The zero-order valence-electron chi connectivity index (χ0n) is 8.59. The number of nitrogens with one attached hydrogen (secondary N) is 1. The van der Waals surface area contributed by atoms with Gasteiger partial charge in [-0.1, -0.05) is 6.07 Å². The van der Waals surface area contributed by atoms with Crippen molar-refractivity contribution in [2.45, 2.75) is 6.10 Å². The van der Waals surface area contributed by atoms with Crippen molar-refractivity contribution < 1.29 is 10.2 Å². The number of rotatable bonds is 3. The van der Waals surface area contributed by atoms with Gasteiger partial charge in [-0.2, -0.15) is 0 Å². The summed E-state index contributed by atoms with van der Waals surface area (Å²) in [6.07, 6.45) is 0.660. The number of nitrogen functional groups attached to an aromatic ring is 1. The van der Waals surface area contributed by atoms with E-state index in [9.17, 15) is 5.11 Å². The van der Waals surface area contributed by atoms with Gasteiger partial charge in [0.05, 0.1) is 17.8 Å². The van der Waals surface area contributed by atoms with E-state index in [4.69, 9.17) is 10.9 Å². The van der Waals surface area contributed by atoms with Gasteiger partial charge in [0.1, 0.15) is 6.10 Å². The lowest BCUT2D eigenvalue weighted by atomic mass is 10.1. The van der Waals surface area contributed by atoms with Gasteiger partial charge in [0.2, 0.25) is 0 Å². The molecule has 2 aromatic rings. The number of fused-ring (bicyclic) bond motifs is 1. The molecule has 0 aliphatic rings. The van der Waals surface area contributed by atoms with E-state index in [1.807, 2.05) is 18.2 Å². The molecular formula is C11H13N3O2. The fourth-order valence-corrected chi connectivity index (χ4v) is 1.52. The molecule has 0 fully saturated rings. The smallest absolute Gasteiger partial charge is 0.104 e. The van der Waals surface area contributed by atoms with Crippen molar-refractivity contribution in [3.8, 4) is 0 Å². The minimum Gasteiger partial charge on any atom is -0.393 e. The maximum Gasteiger partial charge on any atom is 0.104 e. The summed E-state index contributed by atoms with van der Waals surface area (Å²) in [5.41, 5.74) is 4.69. The molecule has 84 valence electrons. The molecule has 1 aromatic carbocycles. The molecule has 1 unspecified atom stereocenters. The molecule has 5 N–H and O–H groups in total.